The highest BCUT2D eigenvalue weighted by Crippen LogP contribution is 2.04. The SMILES string of the molecule is NC(N)=NCCC[C@H](NC(=O)CCn1nnc2ccccc2c1=O)C(=O)O. The predicted octanol–water partition coefficient (Wildman–Crippen LogP) is -1.20. The monoisotopic (exact) mass is 375 g/mol. The van der Waals surface area contributed by atoms with Gasteiger partial charge in [0.05, 0.1) is 11.9 Å². The molecule has 0 aliphatic heterocycles. The number of nitrogens with zero attached hydrogens (tertiary/aromatic N) is 4. The number of nitrogens with two attached hydrogens (primary N) is 2. The Morgan fingerprint density at radius 3 is 2.74 bits per heavy atom. The van der Waals surface area contributed by atoms with Crippen LogP contribution in [0.25, 0.3) is 10.9 Å². The molecule has 0 spiro atoms. The highest BCUT2D eigenvalue weighted by atomic mass is 16.4. The summed E-state index contributed by atoms with van der Waals surface area (Å²) in [6.45, 7) is 0.257. The van der Waals surface area contributed by atoms with Gasteiger partial charge in [-0.3, -0.25) is 14.6 Å². The summed E-state index contributed by atoms with van der Waals surface area (Å²) >= 11 is 0. The lowest BCUT2D eigenvalue weighted by molar-refractivity contribution is -0.142. The second-order valence-electron chi connectivity index (χ2n) is 5.79. The molecule has 1 heterocycles. The van der Waals surface area contributed by atoms with E-state index < -0.39 is 17.9 Å². The Labute approximate surface area is 154 Å². The van der Waals surface area contributed by atoms with E-state index in [1.54, 1.807) is 24.3 Å². The molecule has 144 valence electrons. The van der Waals surface area contributed by atoms with Crippen molar-refractivity contribution in [2.45, 2.75) is 31.8 Å². The molecule has 0 unspecified atom stereocenters. The standard InChI is InChI=1S/C16H21N7O4/c17-16(18)19-8-3-6-12(15(26)27)20-13(24)7-9-23-14(25)10-4-1-2-5-11(10)21-22-23/h1-2,4-5,12H,3,6-9H2,(H,20,24)(H,26,27)(H4,17,18,19)/t12-/m0/s1. The van der Waals surface area contributed by atoms with Crippen molar-refractivity contribution in [3.8, 4) is 0 Å². The van der Waals surface area contributed by atoms with Crippen LogP contribution in [0.3, 0.4) is 0 Å². The second kappa shape index (κ2) is 9.27. The van der Waals surface area contributed by atoms with Crippen LogP contribution in [0.15, 0.2) is 34.1 Å². The normalized spacial score (nSPS) is 11.7. The number of guanidine groups is 1. The number of aliphatic imine (C=N–C) groups is 1. The second-order valence-corrected chi connectivity index (χ2v) is 5.79. The van der Waals surface area contributed by atoms with E-state index in [1.807, 2.05) is 0 Å². The molecule has 27 heavy (non-hydrogen) atoms. The van der Waals surface area contributed by atoms with Crippen LogP contribution >= 0.6 is 0 Å². The van der Waals surface area contributed by atoms with E-state index >= 15 is 0 Å². The van der Waals surface area contributed by atoms with Crippen molar-refractivity contribution in [3.63, 3.8) is 0 Å². The van der Waals surface area contributed by atoms with Gasteiger partial charge in [-0.25, -0.2) is 9.48 Å². The maximum absolute atomic E-state index is 12.3. The minimum Gasteiger partial charge on any atom is -0.480 e. The first-order chi connectivity index (χ1) is 12.9. The number of benzene rings is 1. The number of aliphatic carboxylic acids is 1. The fraction of sp³-hybridized carbons (Fsp3) is 0.375. The van der Waals surface area contributed by atoms with Gasteiger partial charge in [0, 0.05) is 13.0 Å². The zero-order chi connectivity index (χ0) is 19.8. The van der Waals surface area contributed by atoms with E-state index in [0.29, 0.717) is 17.3 Å². The molecule has 6 N–H and O–H groups in total. The summed E-state index contributed by atoms with van der Waals surface area (Å²) in [6, 6.07) is 5.68. The minimum atomic E-state index is -1.16. The van der Waals surface area contributed by atoms with Crippen LogP contribution in [0.5, 0.6) is 0 Å². The lowest BCUT2D eigenvalue weighted by atomic mass is 10.1. The number of aryl methyl sites for hydroxylation is 1. The summed E-state index contributed by atoms with van der Waals surface area (Å²) in [6.07, 6.45) is 0.461. The average molecular weight is 375 g/mol. The maximum Gasteiger partial charge on any atom is 0.326 e. The molecule has 0 aliphatic carbocycles. The summed E-state index contributed by atoms with van der Waals surface area (Å²) in [7, 11) is 0. The van der Waals surface area contributed by atoms with E-state index in [1.165, 1.54) is 0 Å². The van der Waals surface area contributed by atoms with Crippen molar-refractivity contribution in [3.05, 3.63) is 34.6 Å². The molecule has 0 saturated heterocycles. The van der Waals surface area contributed by atoms with Gasteiger partial charge in [0.1, 0.15) is 11.6 Å². The molecule has 1 atom stereocenters. The van der Waals surface area contributed by atoms with Crippen LogP contribution in [-0.4, -0.2) is 50.5 Å². The van der Waals surface area contributed by atoms with Gasteiger partial charge in [-0.15, -0.1) is 5.10 Å². The maximum atomic E-state index is 12.3. The third-order valence-corrected chi connectivity index (χ3v) is 3.76. The van der Waals surface area contributed by atoms with E-state index in [-0.39, 0.29) is 37.4 Å². The van der Waals surface area contributed by atoms with Crippen molar-refractivity contribution in [1.82, 2.24) is 20.3 Å². The van der Waals surface area contributed by atoms with Gasteiger partial charge in [0.15, 0.2) is 5.96 Å². The number of carboxylic acid groups (broad SMARTS) is 1. The number of rotatable bonds is 9. The number of fused-ring (bicyclic) bond motifs is 1. The molecule has 0 fully saturated rings. The number of carbonyl (C=O) groups excluding carboxylic acids is 1. The van der Waals surface area contributed by atoms with Gasteiger partial charge >= 0.3 is 5.97 Å². The molecule has 1 aromatic carbocycles. The Balaban J connectivity index is 1.92. The Kier molecular flexibility index (Phi) is 6.80. The molecular formula is C16H21N7O4. The van der Waals surface area contributed by atoms with Crippen LogP contribution in [0, 0.1) is 0 Å². The molecule has 1 aromatic heterocycles. The number of carboxylic acids is 1. The molecule has 0 radical (unpaired) electrons. The van der Waals surface area contributed by atoms with Gasteiger partial charge in [0.2, 0.25) is 5.91 Å². The number of hydrogen-bond acceptors (Lipinski definition) is 6. The zero-order valence-electron chi connectivity index (χ0n) is 14.5. The summed E-state index contributed by atoms with van der Waals surface area (Å²) < 4.78 is 1.08. The lowest BCUT2D eigenvalue weighted by Crippen LogP contribution is -2.41. The molecule has 0 saturated carbocycles. The fourth-order valence-electron chi connectivity index (χ4n) is 2.40. The first-order valence-electron chi connectivity index (χ1n) is 8.28. The molecule has 0 bridgehead atoms. The van der Waals surface area contributed by atoms with Crippen LogP contribution in [0.2, 0.25) is 0 Å². The first kappa shape index (κ1) is 19.8. The topological polar surface area (TPSA) is 179 Å². The van der Waals surface area contributed by atoms with Gasteiger partial charge in [-0.05, 0) is 25.0 Å². The van der Waals surface area contributed by atoms with E-state index in [9.17, 15) is 19.5 Å². The number of nitrogens with one attached hydrogen (secondary N) is 1. The largest absolute Gasteiger partial charge is 0.480 e. The number of carbonyl (C=O) groups is 2. The number of hydrogen-bond donors (Lipinski definition) is 4. The summed E-state index contributed by atoms with van der Waals surface area (Å²) in [5.74, 6) is -1.74. The highest BCUT2D eigenvalue weighted by Gasteiger charge is 2.19. The molecule has 11 nitrogen and oxygen atoms in total. The smallest absolute Gasteiger partial charge is 0.326 e. The third-order valence-electron chi connectivity index (χ3n) is 3.76. The van der Waals surface area contributed by atoms with Crippen molar-refractivity contribution in [1.29, 1.82) is 0 Å². The van der Waals surface area contributed by atoms with Gasteiger partial charge in [-0.2, -0.15) is 0 Å². The quantitative estimate of drug-likeness (QED) is 0.240. The molecule has 2 aromatic rings. The van der Waals surface area contributed by atoms with Gasteiger partial charge in [-0.1, -0.05) is 17.3 Å². The van der Waals surface area contributed by atoms with Crippen LogP contribution in [0.1, 0.15) is 19.3 Å². The van der Waals surface area contributed by atoms with Crippen LogP contribution in [-0.2, 0) is 16.1 Å². The summed E-state index contributed by atoms with van der Waals surface area (Å²) in [5.41, 5.74) is 10.5. The molecule has 11 heteroatoms. The molecular weight excluding hydrogens is 354 g/mol. The van der Waals surface area contributed by atoms with Gasteiger partial charge < -0.3 is 21.9 Å². The highest BCUT2D eigenvalue weighted by molar-refractivity contribution is 5.83. The molecule has 2 rings (SSSR count). The van der Waals surface area contributed by atoms with Gasteiger partial charge in [0.25, 0.3) is 5.56 Å². The van der Waals surface area contributed by atoms with E-state index in [2.05, 4.69) is 20.6 Å². The predicted molar refractivity (Wildman–Crippen MR) is 97.9 cm³/mol. The Hall–Kier alpha value is -3.50. The zero-order valence-corrected chi connectivity index (χ0v) is 14.5. The van der Waals surface area contributed by atoms with E-state index in [0.717, 1.165) is 4.68 Å². The van der Waals surface area contributed by atoms with Crippen LogP contribution < -0.4 is 22.3 Å². The van der Waals surface area contributed by atoms with Crippen LogP contribution in [0.4, 0.5) is 0 Å². The minimum absolute atomic E-state index is 0.0111. The number of amides is 1. The average Bonchev–Trinajstić information content (AvgIpc) is 2.63. The van der Waals surface area contributed by atoms with E-state index in [4.69, 9.17) is 11.5 Å². The molecule has 1 amide bonds. The van der Waals surface area contributed by atoms with Crippen molar-refractivity contribution in [2.75, 3.05) is 6.54 Å². The first-order valence-corrected chi connectivity index (χ1v) is 8.28. The lowest BCUT2D eigenvalue weighted by Gasteiger charge is -2.14. The Morgan fingerprint density at radius 1 is 1.30 bits per heavy atom. The molecule has 0 aliphatic rings. The Bertz CT molecular complexity index is 905. The fourth-order valence-corrected chi connectivity index (χ4v) is 2.40. The third kappa shape index (κ3) is 5.76. The van der Waals surface area contributed by atoms with Crippen molar-refractivity contribution >= 4 is 28.7 Å². The number of aromatic nitrogens is 3. The summed E-state index contributed by atoms with van der Waals surface area (Å²) in [5, 5.41) is 19.7. The van der Waals surface area contributed by atoms with Crippen molar-refractivity contribution in [2.24, 2.45) is 16.5 Å². The summed E-state index contributed by atoms with van der Waals surface area (Å²) in [4.78, 5) is 39.4. The van der Waals surface area contributed by atoms with Crippen molar-refractivity contribution < 1.29 is 14.7 Å². The Morgan fingerprint density at radius 2 is 2.04 bits per heavy atom.